The van der Waals surface area contributed by atoms with Crippen molar-refractivity contribution in [2.24, 2.45) is 0 Å². The number of nitrogens with zero attached hydrogens (tertiary/aromatic N) is 3. The third kappa shape index (κ3) is 4.62. The van der Waals surface area contributed by atoms with E-state index in [-0.39, 0.29) is 0 Å². The molecule has 0 aliphatic rings. The van der Waals surface area contributed by atoms with Crippen LogP contribution in [-0.4, -0.2) is 35.1 Å². The molecule has 1 heterocycles. The molecule has 2 rings (SSSR count). The number of imidazole rings is 1. The van der Waals surface area contributed by atoms with Gasteiger partial charge in [0.25, 0.3) is 0 Å². The zero-order valence-corrected chi connectivity index (χ0v) is 14.2. The SMILES string of the molecule is CN(C)CCCn1ccnc1Cc1cc(Cl)cc(Br)c1. The van der Waals surface area contributed by atoms with Gasteiger partial charge in [0.05, 0.1) is 0 Å². The lowest BCUT2D eigenvalue weighted by molar-refractivity contribution is 0.385. The molecule has 1 aromatic carbocycles. The van der Waals surface area contributed by atoms with Gasteiger partial charge in [-0.05, 0) is 50.8 Å². The van der Waals surface area contributed by atoms with E-state index in [1.54, 1.807) is 0 Å². The van der Waals surface area contributed by atoms with Crippen molar-refractivity contribution in [3.63, 3.8) is 0 Å². The molecule has 0 bridgehead atoms. The van der Waals surface area contributed by atoms with Crippen LogP contribution in [0.1, 0.15) is 17.8 Å². The Balaban J connectivity index is 2.04. The van der Waals surface area contributed by atoms with Gasteiger partial charge in [-0.2, -0.15) is 0 Å². The molecule has 0 saturated heterocycles. The average Bonchev–Trinajstić information content (AvgIpc) is 2.75. The second kappa shape index (κ2) is 7.25. The zero-order chi connectivity index (χ0) is 14.5. The maximum atomic E-state index is 6.09. The molecule has 0 N–H and O–H groups in total. The first-order chi connectivity index (χ1) is 9.54. The van der Waals surface area contributed by atoms with Gasteiger partial charge in [0.1, 0.15) is 5.82 Å². The largest absolute Gasteiger partial charge is 0.335 e. The maximum Gasteiger partial charge on any atom is 0.113 e. The molecular weight excluding hydrogens is 338 g/mol. The summed E-state index contributed by atoms with van der Waals surface area (Å²) >= 11 is 9.56. The van der Waals surface area contributed by atoms with Crippen molar-refractivity contribution in [2.75, 3.05) is 20.6 Å². The van der Waals surface area contributed by atoms with Crippen LogP contribution < -0.4 is 0 Å². The summed E-state index contributed by atoms with van der Waals surface area (Å²) < 4.78 is 3.23. The third-order valence-corrected chi connectivity index (χ3v) is 3.77. The summed E-state index contributed by atoms with van der Waals surface area (Å²) in [4.78, 5) is 6.66. The smallest absolute Gasteiger partial charge is 0.113 e. The number of halogens is 2. The van der Waals surface area contributed by atoms with Crippen LogP contribution in [0.4, 0.5) is 0 Å². The average molecular weight is 357 g/mol. The van der Waals surface area contributed by atoms with E-state index >= 15 is 0 Å². The molecule has 0 aliphatic heterocycles. The molecular formula is C15H19BrClN3. The predicted molar refractivity (Wildman–Crippen MR) is 87.4 cm³/mol. The van der Waals surface area contributed by atoms with Gasteiger partial charge >= 0.3 is 0 Å². The van der Waals surface area contributed by atoms with Gasteiger partial charge in [-0.3, -0.25) is 0 Å². The van der Waals surface area contributed by atoms with Gasteiger partial charge < -0.3 is 9.47 Å². The lowest BCUT2D eigenvalue weighted by atomic mass is 10.1. The van der Waals surface area contributed by atoms with Gasteiger partial charge in [0, 0.05) is 34.9 Å². The molecule has 0 amide bonds. The Morgan fingerprint density at radius 1 is 1.30 bits per heavy atom. The summed E-state index contributed by atoms with van der Waals surface area (Å²) in [7, 11) is 4.19. The molecule has 0 spiro atoms. The fourth-order valence-corrected chi connectivity index (χ4v) is 3.09. The topological polar surface area (TPSA) is 21.1 Å². The molecule has 5 heteroatoms. The Morgan fingerprint density at radius 3 is 2.80 bits per heavy atom. The lowest BCUT2D eigenvalue weighted by Gasteiger charge is -2.11. The van der Waals surface area contributed by atoms with Crippen molar-refractivity contribution in [3.05, 3.63) is 51.5 Å². The number of aromatic nitrogens is 2. The maximum absolute atomic E-state index is 6.09. The normalized spacial score (nSPS) is 11.2. The molecule has 0 radical (unpaired) electrons. The van der Waals surface area contributed by atoms with Crippen molar-refractivity contribution in [3.8, 4) is 0 Å². The van der Waals surface area contributed by atoms with Crippen molar-refractivity contribution < 1.29 is 0 Å². The van der Waals surface area contributed by atoms with Crippen LogP contribution in [0.25, 0.3) is 0 Å². The highest BCUT2D eigenvalue weighted by molar-refractivity contribution is 9.10. The Morgan fingerprint density at radius 2 is 2.10 bits per heavy atom. The first-order valence-electron chi connectivity index (χ1n) is 6.64. The first-order valence-corrected chi connectivity index (χ1v) is 7.81. The quantitative estimate of drug-likeness (QED) is 0.784. The molecule has 0 fully saturated rings. The minimum Gasteiger partial charge on any atom is -0.335 e. The van der Waals surface area contributed by atoms with Crippen LogP contribution in [0.5, 0.6) is 0 Å². The standard InChI is InChI=1S/C15H19BrClN3/c1-19(2)5-3-6-20-7-4-18-15(20)10-12-8-13(16)11-14(17)9-12/h4,7-9,11H,3,5-6,10H2,1-2H3. The summed E-state index contributed by atoms with van der Waals surface area (Å²) in [5.74, 6) is 1.08. The molecule has 0 unspecified atom stereocenters. The molecule has 1 aromatic heterocycles. The number of rotatable bonds is 6. The van der Waals surface area contributed by atoms with E-state index in [2.05, 4.69) is 50.5 Å². The Hall–Kier alpha value is -0.840. The minimum absolute atomic E-state index is 0.750. The van der Waals surface area contributed by atoms with E-state index in [0.717, 1.165) is 41.3 Å². The number of benzene rings is 1. The summed E-state index contributed by atoms with van der Waals surface area (Å²) in [5.41, 5.74) is 1.17. The van der Waals surface area contributed by atoms with Crippen molar-refractivity contribution in [1.82, 2.24) is 14.5 Å². The molecule has 108 valence electrons. The summed E-state index contributed by atoms with van der Waals surface area (Å²) in [6, 6.07) is 5.98. The minimum atomic E-state index is 0.750. The second-order valence-electron chi connectivity index (χ2n) is 5.15. The van der Waals surface area contributed by atoms with E-state index in [1.807, 2.05) is 24.5 Å². The van der Waals surface area contributed by atoms with Crippen LogP contribution in [0.3, 0.4) is 0 Å². The monoisotopic (exact) mass is 355 g/mol. The highest BCUT2D eigenvalue weighted by atomic mass is 79.9. The zero-order valence-electron chi connectivity index (χ0n) is 11.8. The van der Waals surface area contributed by atoms with E-state index in [4.69, 9.17) is 11.6 Å². The molecule has 20 heavy (non-hydrogen) atoms. The van der Waals surface area contributed by atoms with Crippen molar-refractivity contribution in [2.45, 2.75) is 19.4 Å². The van der Waals surface area contributed by atoms with Crippen LogP contribution in [0.15, 0.2) is 35.1 Å². The molecule has 0 saturated carbocycles. The summed E-state index contributed by atoms with van der Waals surface area (Å²) in [6.07, 6.45) is 5.83. The van der Waals surface area contributed by atoms with Crippen LogP contribution in [-0.2, 0) is 13.0 Å². The van der Waals surface area contributed by atoms with Crippen molar-refractivity contribution >= 4 is 27.5 Å². The van der Waals surface area contributed by atoms with E-state index in [9.17, 15) is 0 Å². The number of aryl methyl sites for hydroxylation is 1. The fraction of sp³-hybridized carbons (Fsp3) is 0.400. The molecule has 0 atom stereocenters. The van der Waals surface area contributed by atoms with Crippen LogP contribution in [0, 0.1) is 0 Å². The van der Waals surface area contributed by atoms with Gasteiger partial charge in [-0.15, -0.1) is 0 Å². The van der Waals surface area contributed by atoms with Gasteiger partial charge in [-0.1, -0.05) is 27.5 Å². The van der Waals surface area contributed by atoms with E-state index < -0.39 is 0 Å². The Labute approximate surface area is 133 Å². The van der Waals surface area contributed by atoms with Crippen LogP contribution >= 0.6 is 27.5 Å². The number of hydrogen-bond acceptors (Lipinski definition) is 2. The fourth-order valence-electron chi connectivity index (χ4n) is 2.16. The van der Waals surface area contributed by atoms with E-state index in [1.165, 1.54) is 5.56 Å². The van der Waals surface area contributed by atoms with Crippen molar-refractivity contribution in [1.29, 1.82) is 0 Å². The number of hydrogen-bond donors (Lipinski definition) is 0. The molecule has 3 nitrogen and oxygen atoms in total. The van der Waals surface area contributed by atoms with Gasteiger partial charge in [0.15, 0.2) is 0 Å². The third-order valence-electron chi connectivity index (χ3n) is 3.09. The van der Waals surface area contributed by atoms with E-state index in [0.29, 0.717) is 0 Å². The predicted octanol–water partition coefficient (Wildman–Crippen LogP) is 3.84. The molecule has 0 aliphatic carbocycles. The summed E-state index contributed by atoms with van der Waals surface area (Å²) in [5, 5.41) is 0.750. The van der Waals surface area contributed by atoms with Gasteiger partial charge in [-0.25, -0.2) is 4.98 Å². The summed E-state index contributed by atoms with van der Waals surface area (Å²) in [6.45, 7) is 2.08. The second-order valence-corrected chi connectivity index (χ2v) is 6.50. The highest BCUT2D eigenvalue weighted by Gasteiger charge is 2.06. The highest BCUT2D eigenvalue weighted by Crippen LogP contribution is 2.21. The molecule has 2 aromatic rings. The Bertz CT molecular complexity index is 546. The first kappa shape index (κ1) is 15.5. The van der Waals surface area contributed by atoms with Gasteiger partial charge in [0.2, 0.25) is 0 Å². The van der Waals surface area contributed by atoms with Crippen LogP contribution in [0.2, 0.25) is 5.02 Å². The Kier molecular flexibility index (Phi) is 5.64. The lowest BCUT2D eigenvalue weighted by Crippen LogP contribution is -2.15.